The lowest BCUT2D eigenvalue weighted by Gasteiger charge is -2.35. The molecule has 1 aliphatic rings. The number of rotatable bonds is 4. The summed E-state index contributed by atoms with van der Waals surface area (Å²) in [5.41, 5.74) is 5.46. The highest BCUT2D eigenvalue weighted by Gasteiger charge is 2.22. The lowest BCUT2D eigenvalue weighted by atomic mass is 10.0. The molecule has 3 heterocycles. The molecule has 33 heavy (non-hydrogen) atoms. The lowest BCUT2D eigenvalue weighted by molar-refractivity contribution is -0.0233. The van der Waals surface area contributed by atoms with E-state index < -0.39 is 6.23 Å². The van der Waals surface area contributed by atoms with E-state index in [-0.39, 0.29) is 5.75 Å². The molecule has 7 heteroatoms. The van der Waals surface area contributed by atoms with Crippen LogP contribution in [-0.2, 0) is 0 Å². The molecule has 0 spiro atoms. The number of nitriles is 1. The van der Waals surface area contributed by atoms with Crippen LogP contribution in [0.4, 0.5) is 0 Å². The third kappa shape index (κ3) is 4.08. The van der Waals surface area contributed by atoms with Crippen molar-refractivity contribution in [2.24, 2.45) is 0 Å². The van der Waals surface area contributed by atoms with Gasteiger partial charge in [-0.15, -0.1) is 0 Å². The lowest BCUT2D eigenvalue weighted by Crippen LogP contribution is -2.45. The largest absolute Gasteiger partial charge is 0.507 e. The quantitative estimate of drug-likeness (QED) is 0.506. The van der Waals surface area contributed by atoms with Crippen LogP contribution in [0.15, 0.2) is 67.0 Å². The van der Waals surface area contributed by atoms with Gasteiger partial charge < -0.3 is 15.1 Å². The Morgan fingerprint density at radius 3 is 2.39 bits per heavy atom. The molecular weight excluding hydrogens is 414 g/mol. The van der Waals surface area contributed by atoms with Gasteiger partial charge in [-0.1, -0.05) is 24.3 Å². The van der Waals surface area contributed by atoms with E-state index in [2.05, 4.69) is 23.0 Å². The third-order valence-corrected chi connectivity index (χ3v) is 6.33. The molecule has 1 unspecified atom stereocenters. The van der Waals surface area contributed by atoms with Gasteiger partial charge in [0.2, 0.25) is 0 Å². The number of piperazine rings is 1. The van der Waals surface area contributed by atoms with Crippen LogP contribution in [0.1, 0.15) is 17.4 Å². The van der Waals surface area contributed by atoms with E-state index in [1.165, 1.54) is 0 Å². The number of aromatic nitrogens is 2. The highest BCUT2D eigenvalue weighted by atomic mass is 16.3. The van der Waals surface area contributed by atoms with E-state index in [1.807, 2.05) is 51.9 Å². The third-order valence-electron chi connectivity index (χ3n) is 6.33. The molecule has 1 saturated heterocycles. The molecular formula is C26H25N5O2. The molecule has 2 aromatic carbocycles. The number of aromatic hydroxyl groups is 1. The zero-order valence-electron chi connectivity index (χ0n) is 18.4. The Labute approximate surface area is 192 Å². The molecule has 4 aromatic rings. The van der Waals surface area contributed by atoms with Crippen LogP contribution in [0.3, 0.4) is 0 Å². The maximum absolute atomic E-state index is 10.8. The van der Waals surface area contributed by atoms with Gasteiger partial charge in [0.1, 0.15) is 17.6 Å². The first-order valence-corrected chi connectivity index (χ1v) is 10.9. The van der Waals surface area contributed by atoms with E-state index in [0.29, 0.717) is 16.7 Å². The van der Waals surface area contributed by atoms with Gasteiger partial charge >= 0.3 is 0 Å². The number of imidazole rings is 1. The first-order valence-electron chi connectivity index (χ1n) is 10.9. The zero-order valence-corrected chi connectivity index (χ0v) is 18.4. The molecule has 1 aliphatic heterocycles. The van der Waals surface area contributed by atoms with E-state index in [0.717, 1.165) is 48.6 Å². The highest BCUT2D eigenvalue weighted by molar-refractivity contribution is 5.73. The minimum atomic E-state index is -0.738. The fourth-order valence-electron chi connectivity index (χ4n) is 4.30. The SMILES string of the molecule is CN1CCN(C(O)c2ccc(-c3ccc4ncc(-c5ccc(C#N)cc5)n4c3)c(O)c2)CC1. The molecule has 0 aliphatic carbocycles. The average molecular weight is 440 g/mol. The van der Waals surface area contributed by atoms with Gasteiger partial charge in [0.05, 0.1) is 23.5 Å². The second kappa shape index (κ2) is 8.68. The van der Waals surface area contributed by atoms with Crippen molar-refractivity contribution in [2.75, 3.05) is 33.2 Å². The molecule has 0 bridgehead atoms. The number of phenols is 1. The Morgan fingerprint density at radius 2 is 1.70 bits per heavy atom. The van der Waals surface area contributed by atoms with Gasteiger partial charge in [-0.2, -0.15) is 5.26 Å². The number of fused-ring (bicyclic) bond motifs is 1. The summed E-state index contributed by atoms with van der Waals surface area (Å²) in [5, 5.41) is 30.6. The molecule has 166 valence electrons. The van der Waals surface area contributed by atoms with Crippen LogP contribution in [0, 0.1) is 11.3 Å². The van der Waals surface area contributed by atoms with E-state index in [1.54, 1.807) is 24.4 Å². The predicted molar refractivity (Wildman–Crippen MR) is 126 cm³/mol. The van der Waals surface area contributed by atoms with Crippen LogP contribution >= 0.6 is 0 Å². The van der Waals surface area contributed by atoms with Crippen LogP contribution < -0.4 is 0 Å². The van der Waals surface area contributed by atoms with Gasteiger partial charge in [-0.25, -0.2) is 4.98 Å². The molecule has 0 amide bonds. The standard InChI is InChI=1S/C26H25N5O2/c1-29-10-12-30(13-11-29)26(33)20-6-8-22(24(32)14-20)21-7-9-25-28-16-23(31(25)17-21)19-4-2-18(15-27)3-5-19/h2-9,14,16-17,26,32-33H,10-13H2,1H3. The summed E-state index contributed by atoms with van der Waals surface area (Å²) in [6.07, 6.45) is 3.01. The number of hydrogen-bond acceptors (Lipinski definition) is 6. The van der Waals surface area contributed by atoms with E-state index >= 15 is 0 Å². The Hall–Kier alpha value is -3.70. The molecule has 7 nitrogen and oxygen atoms in total. The second-order valence-electron chi connectivity index (χ2n) is 8.47. The Morgan fingerprint density at radius 1 is 0.970 bits per heavy atom. The van der Waals surface area contributed by atoms with Crippen molar-refractivity contribution in [1.29, 1.82) is 5.26 Å². The van der Waals surface area contributed by atoms with Gasteiger partial charge in [-0.05, 0) is 42.9 Å². The van der Waals surface area contributed by atoms with Crippen molar-refractivity contribution in [1.82, 2.24) is 19.2 Å². The van der Waals surface area contributed by atoms with Crippen molar-refractivity contribution in [2.45, 2.75) is 6.23 Å². The highest BCUT2D eigenvalue weighted by Crippen LogP contribution is 2.33. The number of hydrogen-bond donors (Lipinski definition) is 2. The van der Waals surface area contributed by atoms with Crippen LogP contribution in [0.5, 0.6) is 5.75 Å². The number of benzene rings is 2. The van der Waals surface area contributed by atoms with Crippen LogP contribution in [0.25, 0.3) is 28.0 Å². The van der Waals surface area contributed by atoms with Gasteiger partial charge in [0.15, 0.2) is 0 Å². The monoisotopic (exact) mass is 439 g/mol. The molecule has 0 saturated carbocycles. The summed E-state index contributed by atoms with van der Waals surface area (Å²) in [7, 11) is 2.08. The molecule has 1 atom stereocenters. The Balaban J connectivity index is 1.46. The maximum atomic E-state index is 10.8. The topological polar surface area (TPSA) is 88.0 Å². The molecule has 1 fully saturated rings. The molecule has 5 rings (SSSR count). The predicted octanol–water partition coefficient (Wildman–Crippen LogP) is 3.48. The molecule has 2 N–H and O–H groups in total. The van der Waals surface area contributed by atoms with Gasteiger partial charge in [0, 0.05) is 49.1 Å². The maximum Gasteiger partial charge on any atom is 0.137 e. The minimum Gasteiger partial charge on any atom is -0.507 e. The van der Waals surface area contributed by atoms with Crippen LogP contribution in [-0.4, -0.2) is 62.6 Å². The number of nitrogens with zero attached hydrogens (tertiary/aromatic N) is 5. The number of aliphatic hydroxyl groups is 1. The first-order chi connectivity index (χ1) is 16.0. The summed E-state index contributed by atoms with van der Waals surface area (Å²) >= 11 is 0. The number of pyridine rings is 1. The summed E-state index contributed by atoms with van der Waals surface area (Å²) in [4.78, 5) is 8.74. The van der Waals surface area contributed by atoms with Crippen molar-refractivity contribution < 1.29 is 10.2 Å². The van der Waals surface area contributed by atoms with Crippen LogP contribution in [0.2, 0.25) is 0 Å². The minimum absolute atomic E-state index is 0.125. The van der Waals surface area contributed by atoms with Crippen molar-refractivity contribution in [3.8, 4) is 34.2 Å². The summed E-state index contributed by atoms with van der Waals surface area (Å²) < 4.78 is 1.98. The zero-order chi connectivity index (χ0) is 22.9. The van der Waals surface area contributed by atoms with E-state index in [9.17, 15) is 10.2 Å². The Bertz CT molecular complexity index is 1330. The number of aliphatic hydroxyl groups excluding tert-OH is 1. The number of phenolic OH excluding ortho intramolecular Hbond substituents is 1. The fourth-order valence-corrected chi connectivity index (χ4v) is 4.30. The molecule has 0 radical (unpaired) electrons. The number of likely N-dealkylation sites (N-methyl/N-ethyl adjacent to an activating group) is 1. The fraction of sp³-hybridized carbons (Fsp3) is 0.231. The Kier molecular flexibility index (Phi) is 5.56. The summed E-state index contributed by atoms with van der Waals surface area (Å²) in [5.74, 6) is 0.125. The molecule has 2 aromatic heterocycles. The van der Waals surface area contributed by atoms with Gasteiger partial charge in [0.25, 0.3) is 0 Å². The van der Waals surface area contributed by atoms with Crippen molar-refractivity contribution in [3.63, 3.8) is 0 Å². The second-order valence-corrected chi connectivity index (χ2v) is 8.47. The van der Waals surface area contributed by atoms with Crippen molar-refractivity contribution >= 4 is 5.65 Å². The van der Waals surface area contributed by atoms with Gasteiger partial charge in [-0.3, -0.25) is 9.30 Å². The summed E-state index contributed by atoms with van der Waals surface area (Å²) in [6.45, 7) is 3.40. The summed E-state index contributed by atoms with van der Waals surface area (Å²) in [6, 6.07) is 18.7. The first kappa shape index (κ1) is 21.2. The normalized spacial score (nSPS) is 16.0. The van der Waals surface area contributed by atoms with E-state index in [4.69, 9.17) is 5.26 Å². The van der Waals surface area contributed by atoms with Crippen molar-refractivity contribution in [3.05, 3.63) is 78.1 Å². The smallest absolute Gasteiger partial charge is 0.137 e. The average Bonchev–Trinajstić information content (AvgIpc) is 3.27.